The van der Waals surface area contributed by atoms with Crippen molar-refractivity contribution >= 4 is 13.3 Å². The van der Waals surface area contributed by atoms with E-state index in [4.69, 9.17) is 4.98 Å². The van der Waals surface area contributed by atoms with Crippen LogP contribution in [0.2, 0.25) is 19.6 Å². The van der Waals surface area contributed by atoms with Crippen LogP contribution in [0.5, 0.6) is 0 Å². The van der Waals surface area contributed by atoms with Crippen molar-refractivity contribution in [2.24, 2.45) is 5.92 Å². The molecule has 0 atom stereocenters. The Labute approximate surface area is 136 Å². The van der Waals surface area contributed by atoms with Crippen molar-refractivity contribution in [3.05, 3.63) is 47.2 Å². The zero-order valence-corrected chi connectivity index (χ0v) is 16.1. The summed E-state index contributed by atoms with van der Waals surface area (Å²) >= 11 is 0. The number of pyridine rings is 1. The van der Waals surface area contributed by atoms with Gasteiger partial charge in [-0.15, -0.1) is 0 Å². The largest absolute Gasteiger partial charge is 0.256 e. The summed E-state index contributed by atoms with van der Waals surface area (Å²) in [5.41, 5.74) is 6.51. The van der Waals surface area contributed by atoms with E-state index in [1.165, 1.54) is 27.4 Å². The lowest BCUT2D eigenvalue weighted by Crippen LogP contribution is -2.40. The van der Waals surface area contributed by atoms with Crippen LogP contribution in [-0.2, 0) is 6.42 Å². The molecule has 0 saturated carbocycles. The minimum Gasteiger partial charge on any atom is -0.256 e. The van der Waals surface area contributed by atoms with Crippen molar-refractivity contribution in [2.45, 2.75) is 53.8 Å². The van der Waals surface area contributed by atoms with Gasteiger partial charge in [0.15, 0.2) is 0 Å². The van der Waals surface area contributed by atoms with Crippen LogP contribution in [-0.4, -0.2) is 13.1 Å². The highest BCUT2D eigenvalue weighted by atomic mass is 28.3. The van der Waals surface area contributed by atoms with Crippen molar-refractivity contribution in [1.29, 1.82) is 0 Å². The predicted molar refractivity (Wildman–Crippen MR) is 101 cm³/mol. The highest BCUT2D eigenvalue weighted by molar-refractivity contribution is 6.89. The second-order valence-electron chi connectivity index (χ2n) is 7.87. The first-order valence-electron chi connectivity index (χ1n) is 8.25. The minimum absolute atomic E-state index is 0.671. The van der Waals surface area contributed by atoms with Crippen LogP contribution >= 0.6 is 0 Å². The van der Waals surface area contributed by atoms with Crippen LogP contribution in [0, 0.1) is 19.8 Å². The molecule has 0 fully saturated rings. The van der Waals surface area contributed by atoms with Crippen LogP contribution in [0.25, 0.3) is 11.3 Å². The summed E-state index contributed by atoms with van der Waals surface area (Å²) in [7, 11) is -1.35. The molecule has 0 aliphatic carbocycles. The van der Waals surface area contributed by atoms with Crippen LogP contribution < -0.4 is 5.19 Å². The predicted octanol–water partition coefficient (Wildman–Crippen LogP) is 5.11. The lowest BCUT2D eigenvalue weighted by molar-refractivity contribution is 0.649. The molecule has 0 amide bonds. The summed E-state index contributed by atoms with van der Waals surface area (Å²) in [6, 6.07) is 8.97. The first-order chi connectivity index (χ1) is 10.2. The maximum Gasteiger partial charge on any atom is 0.0799 e. The van der Waals surface area contributed by atoms with Gasteiger partial charge in [-0.2, -0.15) is 0 Å². The van der Waals surface area contributed by atoms with E-state index in [1.54, 1.807) is 0 Å². The average molecular weight is 312 g/mol. The van der Waals surface area contributed by atoms with E-state index in [2.05, 4.69) is 77.8 Å². The summed E-state index contributed by atoms with van der Waals surface area (Å²) in [5, 5.41) is 1.51. The molecule has 0 radical (unpaired) electrons. The molecule has 1 heterocycles. The zero-order valence-electron chi connectivity index (χ0n) is 15.1. The van der Waals surface area contributed by atoms with Crippen LogP contribution in [0.4, 0.5) is 0 Å². The molecule has 0 aliphatic rings. The molecule has 0 bridgehead atoms. The molecule has 2 heteroatoms. The van der Waals surface area contributed by atoms with Crippen molar-refractivity contribution in [1.82, 2.24) is 4.98 Å². The van der Waals surface area contributed by atoms with Crippen molar-refractivity contribution < 1.29 is 0 Å². The molecule has 118 valence electrons. The Morgan fingerprint density at radius 3 is 2.23 bits per heavy atom. The smallest absolute Gasteiger partial charge is 0.0799 e. The molecule has 0 N–H and O–H groups in total. The third-order valence-electron chi connectivity index (χ3n) is 4.23. The maximum atomic E-state index is 4.79. The molecular weight excluding hydrogens is 282 g/mol. The van der Waals surface area contributed by atoms with Crippen LogP contribution in [0.3, 0.4) is 0 Å². The average Bonchev–Trinajstić information content (AvgIpc) is 2.40. The fourth-order valence-corrected chi connectivity index (χ4v) is 4.43. The molecule has 1 nitrogen and oxygen atoms in total. The SMILES string of the molecule is Cc1ccc(-c2cc(CC(C)C)c([Si](C)(C)C)cn2)cc1C. The number of rotatable bonds is 4. The van der Waals surface area contributed by atoms with E-state index in [0.29, 0.717) is 5.92 Å². The Morgan fingerprint density at radius 2 is 1.68 bits per heavy atom. The van der Waals surface area contributed by atoms with E-state index in [1.807, 2.05) is 0 Å². The Bertz CT molecular complexity index is 666. The monoisotopic (exact) mass is 311 g/mol. The van der Waals surface area contributed by atoms with E-state index < -0.39 is 8.07 Å². The summed E-state index contributed by atoms with van der Waals surface area (Å²) < 4.78 is 0. The molecule has 2 rings (SSSR count). The number of aromatic nitrogens is 1. The molecule has 0 aliphatic heterocycles. The molecule has 0 unspecified atom stereocenters. The minimum atomic E-state index is -1.35. The second kappa shape index (κ2) is 6.37. The number of hydrogen-bond acceptors (Lipinski definition) is 1. The van der Waals surface area contributed by atoms with Crippen LogP contribution in [0.15, 0.2) is 30.5 Å². The fraction of sp³-hybridized carbons (Fsp3) is 0.450. The third kappa shape index (κ3) is 3.86. The van der Waals surface area contributed by atoms with Gasteiger partial charge in [-0.05, 0) is 60.2 Å². The second-order valence-corrected chi connectivity index (χ2v) is 12.9. The Balaban J connectivity index is 2.52. The highest BCUT2D eigenvalue weighted by Crippen LogP contribution is 2.22. The van der Waals surface area contributed by atoms with Gasteiger partial charge in [-0.1, -0.05) is 45.6 Å². The van der Waals surface area contributed by atoms with Gasteiger partial charge in [0.1, 0.15) is 0 Å². The van der Waals surface area contributed by atoms with Crippen molar-refractivity contribution in [2.75, 3.05) is 0 Å². The standard InChI is InChI=1S/C20H29NSi/c1-14(2)10-18-12-19(21-13-20(18)22(5,6)7)17-9-8-15(3)16(4)11-17/h8-9,11-14H,10H2,1-7H3. The number of nitrogens with zero attached hydrogens (tertiary/aromatic N) is 1. The topological polar surface area (TPSA) is 12.9 Å². The van der Waals surface area contributed by atoms with E-state index in [-0.39, 0.29) is 0 Å². The van der Waals surface area contributed by atoms with Crippen LogP contribution in [0.1, 0.15) is 30.5 Å². The summed E-state index contributed by atoms with van der Waals surface area (Å²) in [6.45, 7) is 16.1. The van der Waals surface area contributed by atoms with Gasteiger partial charge in [-0.25, -0.2) is 0 Å². The van der Waals surface area contributed by atoms with E-state index in [9.17, 15) is 0 Å². The Hall–Kier alpha value is -1.41. The van der Waals surface area contributed by atoms with Gasteiger partial charge in [0.05, 0.1) is 13.8 Å². The molecular formula is C20H29NSi. The quantitative estimate of drug-likeness (QED) is 0.715. The summed E-state index contributed by atoms with van der Waals surface area (Å²) in [5.74, 6) is 0.671. The number of benzene rings is 1. The molecule has 1 aromatic carbocycles. The molecule has 1 aromatic heterocycles. The highest BCUT2D eigenvalue weighted by Gasteiger charge is 2.21. The van der Waals surface area contributed by atoms with Gasteiger partial charge >= 0.3 is 0 Å². The first kappa shape index (κ1) is 16.9. The lowest BCUT2D eigenvalue weighted by atomic mass is 9.99. The number of hydrogen-bond donors (Lipinski definition) is 0. The number of aryl methyl sites for hydroxylation is 2. The molecule has 2 aromatic rings. The fourth-order valence-electron chi connectivity index (χ4n) is 2.84. The normalized spacial score (nSPS) is 12.0. The van der Waals surface area contributed by atoms with Crippen molar-refractivity contribution in [3.8, 4) is 11.3 Å². The Kier molecular flexibility index (Phi) is 4.91. The van der Waals surface area contributed by atoms with Gasteiger partial charge in [-0.3, -0.25) is 4.98 Å². The molecule has 0 spiro atoms. The van der Waals surface area contributed by atoms with E-state index >= 15 is 0 Å². The molecule has 22 heavy (non-hydrogen) atoms. The zero-order chi connectivity index (χ0) is 16.5. The maximum absolute atomic E-state index is 4.79. The van der Waals surface area contributed by atoms with Gasteiger partial charge in [0.25, 0.3) is 0 Å². The van der Waals surface area contributed by atoms with Gasteiger partial charge in [0, 0.05) is 11.8 Å². The summed E-state index contributed by atoms with van der Waals surface area (Å²) in [4.78, 5) is 4.79. The Morgan fingerprint density at radius 1 is 1.00 bits per heavy atom. The van der Waals surface area contributed by atoms with E-state index in [0.717, 1.165) is 12.1 Å². The van der Waals surface area contributed by atoms with Gasteiger partial charge in [0.2, 0.25) is 0 Å². The van der Waals surface area contributed by atoms with Gasteiger partial charge < -0.3 is 0 Å². The first-order valence-corrected chi connectivity index (χ1v) is 11.8. The molecule has 0 saturated heterocycles. The lowest BCUT2D eigenvalue weighted by Gasteiger charge is -2.22. The summed E-state index contributed by atoms with van der Waals surface area (Å²) in [6.07, 6.45) is 3.29. The van der Waals surface area contributed by atoms with Crippen molar-refractivity contribution in [3.63, 3.8) is 0 Å². The third-order valence-corrected chi connectivity index (χ3v) is 6.29.